The van der Waals surface area contributed by atoms with Crippen LogP contribution in [0.25, 0.3) is 0 Å². The fourth-order valence-corrected chi connectivity index (χ4v) is 3.31. The molecule has 1 aliphatic rings. The fraction of sp³-hybridized carbons (Fsp3) is 0.588. The van der Waals surface area contributed by atoms with E-state index in [2.05, 4.69) is 10.2 Å². The topological polar surface area (TPSA) is 32.3 Å². The summed E-state index contributed by atoms with van der Waals surface area (Å²) in [6.07, 6.45) is 1.96. The van der Waals surface area contributed by atoms with Crippen LogP contribution in [0, 0.1) is 5.92 Å². The number of nitrogens with one attached hydrogen (secondary N) is 1. The van der Waals surface area contributed by atoms with Crippen molar-refractivity contribution >= 4 is 29.1 Å². The van der Waals surface area contributed by atoms with Crippen molar-refractivity contribution in [2.45, 2.75) is 45.7 Å². The molecule has 122 valence electrons. The number of piperidine rings is 1. The Hall–Kier alpha value is -0.770. The Bertz CT molecular complexity index is 520. The van der Waals surface area contributed by atoms with Gasteiger partial charge in [0.2, 0.25) is 5.91 Å². The minimum absolute atomic E-state index is 0.0363. The monoisotopic (exact) mass is 342 g/mol. The summed E-state index contributed by atoms with van der Waals surface area (Å²) in [7, 11) is 0. The molecule has 1 atom stereocenters. The lowest BCUT2D eigenvalue weighted by Crippen LogP contribution is -2.48. The van der Waals surface area contributed by atoms with Crippen LogP contribution in [0.5, 0.6) is 0 Å². The van der Waals surface area contributed by atoms with Gasteiger partial charge >= 0.3 is 0 Å². The van der Waals surface area contributed by atoms with Crippen LogP contribution in [0.15, 0.2) is 18.2 Å². The predicted molar refractivity (Wildman–Crippen MR) is 92.4 cm³/mol. The SMILES string of the molecule is CC(C)(C)NC(=O)[C@@H]1CCCN(Cc2c(Cl)cccc2Cl)C1. The van der Waals surface area contributed by atoms with E-state index in [1.54, 1.807) is 0 Å². The number of likely N-dealkylation sites (tertiary alicyclic amines) is 1. The zero-order valence-electron chi connectivity index (χ0n) is 13.5. The van der Waals surface area contributed by atoms with Gasteiger partial charge in [-0.05, 0) is 52.3 Å². The first-order valence-electron chi connectivity index (χ1n) is 7.73. The third kappa shape index (κ3) is 4.87. The molecule has 0 radical (unpaired) electrons. The number of carbonyl (C=O) groups is 1. The summed E-state index contributed by atoms with van der Waals surface area (Å²) in [6.45, 7) is 8.45. The smallest absolute Gasteiger partial charge is 0.224 e. The van der Waals surface area contributed by atoms with E-state index >= 15 is 0 Å². The lowest BCUT2D eigenvalue weighted by atomic mass is 9.95. The van der Waals surface area contributed by atoms with Crippen LogP contribution < -0.4 is 5.32 Å². The van der Waals surface area contributed by atoms with Gasteiger partial charge in [0.15, 0.2) is 0 Å². The second-order valence-corrected chi connectivity index (χ2v) is 7.83. The fourth-order valence-electron chi connectivity index (χ4n) is 2.79. The van der Waals surface area contributed by atoms with Gasteiger partial charge in [-0.15, -0.1) is 0 Å². The van der Waals surface area contributed by atoms with Gasteiger partial charge in [-0.2, -0.15) is 0 Å². The van der Waals surface area contributed by atoms with Crippen molar-refractivity contribution in [3.8, 4) is 0 Å². The maximum absolute atomic E-state index is 12.4. The molecule has 0 spiro atoms. The van der Waals surface area contributed by atoms with Gasteiger partial charge in [0.25, 0.3) is 0 Å². The molecule has 1 N–H and O–H groups in total. The van der Waals surface area contributed by atoms with Gasteiger partial charge in [-0.25, -0.2) is 0 Å². The average Bonchev–Trinajstić information content (AvgIpc) is 2.41. The number of hydrogen-bond acceptors (Lipinski definition) is 2. The van der Waals surface area contributed by atoms with Crippen molar-refractivity contribution in [2.75, 3.05) is 13.1 Å². The molecule has 1 saturated heterocycles. The Labute approximate surface area is 143 Å². The van der Waals surface area contributed by atoms with E-state index in [1.807, 2.05) is 39.0 Å². The molecule has 0 saturated carbocycles. The summed E-state index contributed by atoms with van der Waals surface area (Å²) < 4.78 is 0. The molecule has 1 amide bonds. The van der Waals surface area contributed by atoms with Crippen molar-refractivity contribution in [1.82, 2.24) is 10.2 Å². The summed E-state index contributed by atoms with van der Waals surface area (Å²) >= 11 is 12.5. The third-order valence-electron chi connectivity index (χ3n) is 3.82. The molecule has 1 heterocycles. The molecule has 5 heteroatoms. The number of amides is 1. The van der Waals surface area contributed by atoms with Crippen molar-refractivity contribution < 1.29 is 4.79 Å². The predicted octanol–water partition coefficient (Wildman–Crippen LogP) is 4.12. The first-order chi connectivity index (χ1) is 10.3. The number of carbonyl (C=O) groups excluding carboxylic acids is 1. The average molecular weight is 343 g/mol. The lowest BCUT2D eigenvalue weighted by Gasteiger charge is -2.34. The number of rotatable bonds is 3. The van der Waals surface area contributed by atoms with Crippen molar-refractivity contribution in [2.24, 2.45) is 5.92 Å². The lowest BCUT2D eigenvalue weighted by molar-refractivity contribution is -0.128. The van der Waals surface area contributed by atoms with Gasteiger partial charge in [0.1, 0.15) is 0 Å². The van der Waals surface area contributed by atoms with Crippen molar-refractivity contribution in [1.29, 1.82) is 0 Å². The Kier molecular flexibility index (Phi) is 5.76. The molecule has 2 rings (SSSR count). The van der Waals surface area contributed by atoms with E-state index in [0.29, 0.717) is 16.6 Å². The van der Waals surface area contributed by atoms with Gasteiger partial charge in [0, 0.05) is 34.2 Å². The van der Waals surface area contributed by atoms with Crippen LogP contribution in [0.4, 0.5) is 0 Å². The zero-order valence-corrected chi connectivity index (χ0v) is 15.0. The minimum atomic E-state index is -0.189. The maximum Gasteiger partial charge on any atom is 0.224 e. The first kappa shape index (κ1) is 17.6. The maximum atomic E-state index is 12.4. The van der Waals surface area contributed by atoms with E-state index < -0.39 is 0 Å². The Morgan fingerprint density at radius 2 is 1.95 bits per heavy atom. The highest BCUT2D eigenvalue weighted by Crippen LogP contribution is 2.27. The summed E-state index contributed by atoms with van der Waals surface area (Å²) in [5, 5.41) is 4.46. The molecule has 1 fully saturated rings. The second kappa shape index (κ2) is 7.20. The molecular formula is C17H24Cl2N2O. The summed E-state index contributed by atoms with van der Waals surface area (Å²) in [5.41, 5.74) is 0.758. The molecule has 0 aliphatic carbocycles. The van der Waals surface area contributed by atoms with Crippen LogP contribution in [0.1, 0.15) is 39.2 Å². The second-order valence-electron chi connectivity index (χ2n) is 7.01. The van der Waals surface area contributed by atoms with Crippen LogP contribution in [0.2, 0.25) is 10.0 Å². The quantitative estimate of drug-likeness (QED) is 0.895. The molecule has 1 aliphatic heterocycles. The molecule has 3 nitrogen and oxygen atoms in total. The molecule has 22 heavy (non-hydrogen) atoms. The Balaban J connectivity index is 2.00. The van der Waals surface area contributed by atoms with Crippen LogP contribution in [0.3, 0.4) is 0 Å². The van der Waals surface area contributed by atoms with Gasteiger partial charge in [0.05, 0.1) is 5.92 Å². The molecule has 0 unspecified atom stereocenters. The summed E-state index contributed by atoms with van der Waals surface area (Å²) in [6, 6.07) is 5.57. The van der Waals surface area contributed by atoms with Crippen molar-refractivity contribution in [3.63, 3.8) is 0 Å². The standard InChI is InChI=1S/C17H24Cl2N2O/c1-17(2,3)20-16(22)12-6-5-9-21(10-12)11-13-14(18)7-4-8-15(13)19/h4,7-8,12H,5-6,9-11H2,1-3H3,(H,20,22)/t12-/m1/s1. The van der Waals surface area contributed by atoms with E-state index in [0.717, 1.165) is 31.5 Å². The Morgan fingerprint density at radius 3 is 2.55 bits per heavy atom. The summed E-state index contributed by atoms with van der Waals surface area (Å²) in [4.78, 5) is 14.6. The molecule has 0 aromatic heterocycles. The van der Waals surface area contributed by atoms with E-state index in [4.69, 9.17) is 23.2 Å². The third-order valence-corrected chi connectivity index (χ3v) is 4.53. The van der Waals surface area contributed by atoms with E-state index in [1.165, 1.54) is 0 Å². The largest absolute Gasteiger partial charge is 0.351 e. The van der Waals surface area contributed by atoms with Crippen molar-refractivity contribution in [3.05, 3.63) is 33.8 Å². The van der Waals surface area contributed by atoms with Gasteiger partial charge in [-0.3, -0.25) is 9.69 Å². The normalized spacial score (nSPS) is 20.0. The molecular weight excluding hydrogens is 319 g/mol. The zero-order chi connectivity index (χ0) is 16.3. The highest BCUT2D eigenvalue weighted by molar-refractivity contribution is 6.35. The molecule has 1 aromatic carbocycles. The molecule has 0 bridgehead atoms. The van der Waals surface area contributed by atoms with Gasteiger partial charge < -0.3 is 5.32 Å². The number of halogens is 2. The minimum Gasteiger partial charge on any atom is -0.351 e. The van der Waals surface area contributed by atoms with E-state index in [-0.39, 0.29) is 17.4 Å². The number of hydrogen-bond donors (Lipinski definition) is 1. The van der Waals surface area contributed by atoms with Crippen LogP contribution in [-0.2, 0) is 11.3 Å². The highest BCUT2D eigenvalue weighted by atomic mass is 35.5. The van der Waals surface area contributed by atoms with Crippen LogP contribution >= 0.6 is 23.2 Å². The number of benzene rings is 1. The van der Waals surface area contributed by atoms with E-state index in [9.17, 15) is 4.79 Å². The van der Waals surface area contributed by atoms with Gasteiger partial charge in [-0.1, -0.05) is 29.3 Å². The van der Waals surface area contributed by atoms with Crippen LogP contribution in [-0.4, -0.2) is 29.4 Å². The highest BCUT2D eigenvalue weighted by Gasteiger charge is 2.28. The summed E-state index contributed by atoms with van der Waals surface area (Å²) in [5.74, 6) is 0.177. The Morgan fingerprint density at radius 1 is 1.32 bits per heavy atom. The molecule has 1 aromatic rings. The first-order valence-corrected chi connectivity index (χ1v) is 8.49. The number of nitrogens with zero attached hydrogens (tertiary/aromatic N) is 1.